The van der Waals surface area contributed by atoms with Crippen LogP contribution in [0.15, 0.2) is 12.1 Å². The van der Waals surface area contributed by atoms with E-state index in [1.165, 1.54) is 0 Å². The van der Waals surface area contributed by atoms with Crippen LogP contribution in [0.3, 0.4) is 0 Å². The highest BCUT2D eigenvalue weighted by Gasteiger charge is 2.15. The molecule has 1 N–H and O–H groups in total. The molecule has 2 rings (SSSR count). The van der Waals surface area contributed by atoms with Gasteiger partial charge in [0, 0.05) is 7.05 Å². The maximum absolute atomic E-state index is 10.9. The average Bonchev–Trinajstić information content (AvgIpc) is 2.44. The van der Waals surface area contributed by atoms with Crippen LogP contribution in [0.5, 0.6) is 0 Å². The molecule has 0 bridgehead atoms. The van der Waals surface area contributed by atoms with Gasteiger partial charge >= 0.3 is 5.97 Å². The molecule has 4 nitrogen and oxygen atoms in total. The maximum Gasteiger partial charge on any atom is 0.372 e. The number of nitrogens with zero attached hydrogens (tertiary/aromatic N) is 2. The minimum atomic E-state index is -0.995. The van der Waals surface area contributed by atoms with E-state index in [9.17, 15) is 4.79 Å². The van der Waals surface area contributed by atoms with E-state index in [1.54, 1.807) is 11.6 Å². The molecule has 0 aliphatic carbocycles. The summed E-state index contributed by atoms with van der Waals surface area (Å²) in [6.07, 6.45) is 0. The van der Waals surface area contributed by atoms with Gasteiger partial charge in [-0.1, -0.05) is 6.07 Å². The summed E-state index contributed by atoms with van der Waals surface area (Å²) >= 11 is 0. The number of rotatable bonds is 1. The van der Waals surface area contributed by atoms with Gasteiger partial charge in [-0.05, 0) is 31.0 Å². The molecule has 0 aliphatic heterocycles. The second-order valence-corrected chi connectivity index (χ2v) is 3.75. The van der Waals surface area contributed by atoms with Crippen LogP contribution in [-0.2, 0) is 7.05 Å². The number of benzene rings is 1. The first-order chi connectivity index (χ1) is 7.00. The highest BCUT2D eigenvalue weighted by Crippen LogP contribution is 2.20. The third kappa shape index (κ3) is 1.38. The molecule has 0 fully saturated rings. The molecule has 15 heavy (non-hydrogen) atoms. The Morgan fingerprint density at radius 1 is 1.40 bits per heavy atom. The topological polar surface area (TPSA) is 55.1 Å². The molecule has 0 spiro atoms. The monoisotopic (exact) mass is 204 g/mol. The van der Waals surface area contributed by atoms with E-state index < -0.39 is 5.97 Å². The first-order valence-electron chi connectivity index (χ1n) is 4.67. The Morgan fingerprint density at radius 3 is 2.67 bits per heavy atom. The molecule has 0 radical (unpaired) electrons. The number of hydrogen-bond donors (Lipinski definition) is 1. The first kappa shape index (κ1) is 9.71. The minimum absolute atomic E-state index is 0.0821. The van der Waals surface area contributed by atoms with Crippen LogP contribution < -0.4 is 0 Å². The number of aromatic carboxylic acids is 1. The van der Waals surface area contributed by atoms with E-state index in [0.717, 1.165) is 22.2 Å². The van der Waals surface area contributed by atoms with Gasteiger partial charge in [-0.3, -0.25) is 0 Å². The molecule has 2 aromatic rings. The van der Waals surface area contributed by atoms with Gasteiger partial charge in [-0.2, -0.15) is 0 Å². The second-order valence-electron chi connectivity index (χ2n) is 3.75. The van der Waals surface area contributed by atoms with Crippen molar-refractivity contribution in [2.45, 2.75) is 13.8 Å². The Kier molecular flexibility index (Phi) is 2.00. The van der Waals surface area contributed by atoms with Crippen molar-refractivity contribution in [1.29, 1.82) is 0 Å². The summed E-state index contributed by atoms with van der Waals surface area (Å²) in [7, 11) is 1.72. The summed E-state index contributed by atoms with van der Waals surface area (Å²) in [6.45, 7) is 3.92. The van der Waals surface area contributed by atoms with Crippen molar-refractivity contribution in [3.63, 3.8) is 0 Å². The standard InChI is InChI=1S/C11H12N2O2/c1-6-4-7(2)9-8(5-6)13(3)10(12-9)11(14)15/h4-5H,1-3H3,(H,14,15). The Morgan fingerprint density at radius 2 is 2.07 bits per heavy atom. The SMILES string of the molecule is Cc1cc(C)c2nc(C(=O)O)n(C)c2c1. The van der Waals surface area contributed by atoms with E-state index >= 15 is 0 Å². The molecule has 0 unspecified atom stereocenters. The number of carboxylic acid groups (broad SMARTS) is 1. The summed E-state index contributed by atoms with van der Waals surface area (Å²) in [5, 5.41) is 8.94. The van der Waals surface area contributed by atoms with Crippen LogP contribution in [0.2, 0.25) is 0 Å². The molecule has 0 amide bonds. The minimum Gasteiger partial charge on any atom is -0.475 e. The second kappa shape index (κ2) is 3.08. The third-order valence-electron chi connectivity index (χ3n) is 2.51. The summed E-state index contributed by atoms with van der Waals surface area (Å²) in [6, 6.07) is 3.95. The Bertz CT molecular complexity index is 555. The number of carboxylic acids is 1. The van der Waals surface area contributed by atoms with Gasteiger partial charge < -0.3 is 9.67 Å². The number of aromatic nitrogens is 2. The van der Waals surface area contributed by atoms with Crippen LogP contribution in [0.25, 0.3) is 11.0 Å². The van der Waals surface area contributed by atoms with Crippen molar-refractivity contribution in [3.8, 4) is 0 Å². The fourth-order valence-corrected chi connectivity index (χ4v) is 1.82. The molecule has 1 heterocycles. The predicted octanol–water partition coefficient (Wildman–Crippen LogP) is 1.89. The van der Waals surface area contributed by atoms with Crippen LogP contribution in [0, 0.1) is 13.8 Å². The van der Waals surface area contributed by atoms with Crippen molar-refractivity contribution >= 4 is 17.0 Å². The predicted molar refractivity (Wildman–Crippen MR) is 57.1 cm³/mol. The number of carbonyl (C=O) groups is 1. The van der Waals surface area contributed by atoms with Gasteiger partial charge in [-0.15, -0.1) is 0 Å². The van der Waals surface area contributed by atoms with Crippen LogP contribution in [-0.4, -0.2) is 20.6 Å². The zero-order valence-electron chi connectivity index (χ0n) is 8.90. The van der Waals surface area contributed by atoms with Crippen molar-refractivity contribution in [3.05, 3.63) is 29.1 Å². The van der Waals surface area contributed by atoms with E-state index in [4.69, 9.17) is 5.11 Å². The summed E-state index contributed by atoms with van der Waals surface area (Å²) in [4.78, 5) is 15.0. The molecule has 4 heteroatoms. The fraction of sp³-hybridized carbons (Fsp3) is 0.273. The molecule has 0 atom stereocenters. The lowest BCUT2D eigenvalue weighted by Gasteiger charge is -2.00. The fourth-order valence-electron chi connectivity index (χ4n) is 1.82. The van der Waals surface area contributed by atoms with E-state index in [1.807, 2.05) is 26.0 Å². The zero-order chi connectivity index (χ0) is 11.2. The lowest BCUT2D eigenvalue weighted by molar-refractivity contribution is 0.0680. The number of aryl methyl sites for hydroxylation is 3. The quantitative estimate of drug-likeness (QED) is 0.771. The highest BCUT2D eigenvalue weighted by molar-refractivity contribution is 5.91. The number of imidazole rings is 1. The molecule has 0 saturated carbocycles. The molecular formula is C11H12N2O2. The molecule has 0 aliphatic rings. The van der Waals surface area contributed by atoms with Gasteiger partial charge in [-0.25, -0.2) is 9.78 Å². The van der Waals surface area contributed by atoms with Crippen LogP contribution in [0.4, 0.5) is 0 Å². The molecule has 1 aromatic carbocycles. The Labute approximate surface area is 87.2 Å². The van der Waals surface area contributed by atoms with Crippen molar-refractivity contribution in [2.75, 3.05) is 0 Å². The van der Waals surface area contributed by atoms with E-state index in [-0.39, 0.29) is 5.82 Å². The summed E-state index contributed by atoms with van der Waals surface area (Å²) < 4.78 is 1.61. The third-order valence-corrected chi connectivity index (χ3v) is 2.51. The summed E-state index contributed by atoms with van der Waals surface area (Å²) in [5.74, 6) is -0.913. The van der Waals surface area contributed by atoms with Crippen molar-refractivity contribution < 1.29 is 9.90 Å². The molecule has 0 saturated heterocycles. The van der Waals surface area contributed by atoms with E-state index in [0.29, 0.717) is 0 Å². The number of fused-ring (bicyclic) bond motifs is 1. The summed E-state index contributed by atoms with van der Waals surface area (Å²) in [5.41, 5.74) is 3.75. The Hall–Kier alpha value is -1.84. The Balaban J connectivity index is 2.88. The van der Waals surface area contributed by atoms with Gasteiger partial charge in [0.15, 0.2) is 0 Å². The average molecular weight is 204 g/mol. The van der Waals surface area contributed by atoms with Crippen LogP contribution >= 0.6 is 0 Å². The maximum atomic E-state index is 10.9. The van der Waals surface area contributed by atoms with Gasteiger partial charge in [0.05, 0.1) is 11.0 Å². The first-order valence-corrected chi connectivity index (χ1v) is 4.67. The molecule has 78 valence electrons. The largest absolute Gasteiger partial charge is 0.475 e. The van der Waals surface area contributed by atoms with Gasteiger partial charge in [0.2, 0.25) is 5.82 Å². The van der Waals surface area contributed by atoms with Crippen molar-refractivity contribution in [1.82, 2.24) is 9.55 Å². The normalized spacial score (nSPS) is 10.9. The van der Waals surface area contributed by atoms with Gasteiger partial charge in [0.1, 0.15) is 0 Å². The smallest absolute Gasteiger partial charge is 0.372 e. The lowest BCUT2D eigenvalue weighted by Crippen LogP contribution is -2.05. The van der Waals surface area contributed by atoms with Crippen LogP contribution in [0.1, 0.15) is 21.7 Å². The highest BCUT2D eigenvalue weighted by atomic mass is 16.4. The van der Waals surface area contributed by atoms with Gasteiger partial charge in [0.25, 0.3) is 0 Å². The zero-order valence-corrected chi connectivity index (χ0v) is 8.90. The number of hydrogen-bond acceptors (Lipinski definition) is 2. The van der Waals surface area contributed by atoms with E-state index in [2.05, 4.69) is 4.98 Å². The molecule has 1 aromatic heterocycles. The van der Waals surface area contributed by atoms with Crippen molar-refractivity contribution in [2.24, 2.45) is 7.05 Å². The lowest BCUT2D eigenvalue weighted by atomic mass is 10.1. The molecular weight excluding hydrogens is 192 g/mol.